The zero-order valence-electron chi connectivity index (χ0n) is 16.3. The first kappa shape index (κ1) is 20.4. The van der Waals surface area contributed by atoms with Crippen molar-refractivity contribution in [3.05, 3.63) is 59.7 Å². The molecule has 0 saturated heterocycles. The highest BCUT2D eigenvalue weighted by Crippen LogP contribution is 2.28. The number of hydrogen-bond donors (Lipinski definition) is 1. The van der Waals surface area contributed by atoms with Crippen molar-refractivity contribution in [2.24, 2.45) is 0 Å². The second-order valence-electron chi connectivity index (χ2n) is 6.29. The van der Waals surface area contributed by atoms with E-state index in [0.717, 1.165) is 16.9 Å². The summed E-state index contributed by atoms with van der Waals surface area (Å²) in [6.45, 7) is 6.27. The molecular weight excluding hydrogens is 342 g/mol. The Bertz CT molecular complexity index is 766. The molecular formula is C22H27NO4. The summed E-state index contributed by atoms with van der Waals surface area (Å²) < 4.78 is 16.5. The molecule has 0 aliphatic carbocycles. The number of methoxy groups -OCH3 is 1. The van der Waals surface area contributed by atoms with Crippen LogP contribution in [0, 0.1) is 0 Å². The maximum atomic E-state index is 12.1. The summed E-state index contributed by atoms with van der Waals surface area (Å²) in [4.78, 5) is 12.1. The standard InChI is InChI=1S/C22H27NO4/c1-5-6-17-9-12-20(21(13-17)25-4)26-15-22(24)23-14-18-7-10-19(11-8-18)27-16(2)3/h5-13,16H,14-15H2,1-4H3,(H,23,24)/b6-5+. The zero-order chi connectivity index (χ0) is 19.6. The lowest BCUT2D eigenvalue weighted by Gasteiger charge is -2.12. The van der Waals surface area contributed by atoms with Gasteiger partial charge in [0.1, 0.15) is 5.75 Å². The quantitative estimate of drug-likeness (QED) is 0.719. The van der Waals surface area contributed by atoms with E-state index in [1.54, 1.807) is 13.2 Å². The predicted octanol–water partition coefficient (Wildman–Crippen LogP) is 4.21. The predicted molar refractivity (Wildman–Crippen MR) is 107 cm³/mol. The second kappa shape index (κ2) is 10.3. The first-order valence-electron chi connectivity index (χ1n) is 8.97. The third-order valence-electron chi connectivity index (χ3n) is 3.69. The largest absolute Gasteiger partial charge is 0.493 e. The Kier molecular flexibility index (Phi) is 7.74. The van der Waals surface area contributed by atoms with E-state index in [2.05, 4.69) is 5.32 Å². The molecule has 1 amide bonds. The molecule has 0 aromatic heterocycles. The molecule has 0 atom stereocenters. The highest BCUT2D eigenvalue weighted by molar-refractivity contribution is 5.77. The van der Waals surface area contributed by atoms with Gasteiger partial charge in [0.25, 0.3) is 5.91 Å². The summed E-state index contributed by atoms with van der Waals surface area (Å²) in [6, 6.07) is 13.2. The van der Waals surface area contributed by atoms with E-state index in [0.29, 0.717) is 18.0 Å². The fraction of sp³-hybridized carbons (Fsp3) is 0.318. The van der Waals surface area contributed by atoms with Crippen LogP contribution in [0.25, 0.3) is 6.08 Å². The molecule has 0 spiro atoms. The zero-order valence-corrected chi connectivity index (χ0v) is 16.3. The van der Waals surface area contributed by atoms with Gasteiger partial charge in [-0.05, 0) is 56.2 Å². The third-order valence-corrected chi connectivity index (χ3v) is 3.69. The van der Waals surface area contributed by atoms with Gasteiger partial charge in [0.2, 0.25) is 0 Å². The molecule has 5 nitrogen and oxygen atoms in total. The van der Waals surface area contributed by atoms with Crippen LogP contribution in [-0.2, 0) is 11.3 Å². The first-order valence-corrected chi connectivity index (χ1v) is 8.97. The van der Waals surface area contributed by atoms with Gasteiger partial charge >= 0.3 is 0 Å². The minimum Gasteiger partial charge on any atom is -0.493 e. The summed E-state index contributed by atoms with van der Waals surface area (Å²) in [5.41, 5.74) is 2.00. The molecule has 0 fully saturated rings. The molecule has 2 aromatic rings. The number of allylic oxidation sites excluding steroid dienone is 1. The lowest BCUT2D eigenvalue weighted by molar-refractivity contribution is -0.123. The monoisotopic (exact) mass is 369 g/mol. The van der Waals surface area contributed by atoms with Crippen LogP contribution in [0.2, 0.25) is 0 Å². The van der Waals surface area contributed by atoms with Crippen molar-refractivity contribution >= 4 is 12.0 Å². The number of hydrogen-bond acceptors (Lipinski definition) is 4. The van der Waals surface area contributed by atoms with Crippen molar-refractivity contribution in [3.63, 3.8) is 0 Å². The van der Waals surface area contributed by atoms with Crippen molar-refractivity contribution in [2.45, 2.75) is 33.4 Å². The molecule has 0 saturated carbocycles. The lowest BCUT2D eigenvalue weighted by atomic mass is 10.2. The SMILES string of the molecule is C/C=C/c1ccc(OCC(=O)NCc2ccc(OC(C)C)cc2)c(OC)c1. The Hall–Kier alpha value is -2.95. The normalized spacial score (nSPS) is 10.9. The summed E-state index contributed by atoms with van der Waals surface area (Å²) in [7, 11) is 1.58. The fourth-order valence-corrected chi connectivity index (χ4v) is 2.45. The third kappa shape index (κ3) is 6.70. The average molecular weight is 369 g/mol. The van der Waals surface area contributed by atoms with E-state index in [-0.39, 0.29) is 18.6 Å². The smallest absolute Gasteiger partial charge is 0.258 e. The number of rotatable bonds is 9. The summed E-state index contributed by atoms with van der Waals surface area (Å²) in [5, 5.41) is 2.84. The number of amides is 1. The Labute approximate surface area is 161 Å². The van der Waals surface area contributed by atoms with E-state index in [1.807, 2.05) is 69.3 Å². The van der Waals surface area contributed by atoms with Crippen LogP contribution in [0.3, 0.4) is 0 Å². The minimum absolute atomic E-state index is 0.0755. The van der Waals surface area contributed by atoms with Gasteiger partial charge in [-0.15, -0.1) is 0 Å². The molecule has 1 N–H and O–H groups in total. The van der Waals surface area contributed by atoms with Crippen LogP contribution in [0.1, 0.15) is 31.9 Å². The van der Waals surface area contributed by atoms with E-state index in [9.17, 15) is 4.79 Å². The van der Waals surface area contributed by atoms with E-state index < -0.39 is 0 Å². The van der Waals surface area contributed by atoms with E-state index >= 15 is 0 Å². The molecule has 0 radical (unpaired) electrons. The average Bonchev–Trinajstić information content (AvgIpc) is 2.66. The summed E-state index contributed by atoms with van der Waals surface area (Å²) in [5.74, 6) is 1.75. The lowest BCUT2D eigenvalue weighted by Crippen LogP contribution is -2.28. The fourth-order valence-electron chi connectivity index (χ4n) is 2.45. The van der Waals surface area contributed by atoms with Crippen molar-refractivity contribution in [1.29, 1.82) is 0 Å². The first-order chi connectivity index (χ1) is 13.0. The number of benzene rings is 2. The number of carbonyl (C=O) groups is 1. The van der Waals surface area contributed by atoms with E-state index in [4.69, 9.17) is 14.2 Å². The van der Waals surface area contributed by atoms with Crippen molar-refractivity contribution in [1.82, 2.24) is 5.32 Å². The second-order valence-corrected chi connectivity index (χ2v) is 6.29. The van der Waals surface area contributed by atoms with Crippen LogP contribution < -0.4 is 19.5 Å². The maximum absolute atomic E-state index is 12.1. The molecule has 2 rings (SSSR count). The van der Waals surface area contributed by atoms with E-state index in [1.165, 1.54) is 0 Å². The minimum atomic E-state index is -0.197. The maximum Gasteiger partial charge on any atom is 0.258 e. The van der Waals surface area contributed by atoms with Crippen LogP contribution >= 0.6 is 0 Å². The van der Waals surface area contributed by atoms with Gasteiger partial charge < -0.3 is 19.5 Å². The Morgan fingerprint density at radius 2 is 1.85 bits per heavy atom. The molecule has 0 aliphatic heterocycles. The number of carbonyl (C=O) groups excluding carboxylic acids is 1. The Balaban J connectivity index is 1.84. The van der Waals surface area contributed by atoms with Crippen LogP contribution in [0.5, 0.6) is 17.2 Å². The Morgan fingerprint density at radius 3 is 2.48 bits per heavy atom. The molecule has 0 heterocycles. The highest BCUT2D eigenvalue weighted by atomic mass is 16.5. The topological polar surface area (TPSA) is 56.8 Å². The Morgan fingerprint density at radius 1 is 1.11 bits per heavy atom. The molecule has 2 aromatic carbocycles. The van der Waals surface area contributed by atoms with Gasteiger partial charge in [0, 0.05) is 6.54 Å². The number of nitrogens with one attached hydrogen (secondary N) is 1. The van der Waals surface area contributed by atoms with Gasteiger partial charge in [-0.1, -0.05) is 30.4 Å². The summed E-state index contributed by atoms with van der Waals surface area (Å²) >= 11 is 0. The molecule has 0 bridgehead atoms. The van der Waals surface area contributed by atoms with Gasteiger partial charge in [-0.2, -0.15) is 0 Å². The number of ether oxygens (including phenoxy) is 3. The molecule has 0 aliphatic rings. The van der Waals surface area contributed by atoms with Crippen molar-refractivity contribution in [3.8, 4) is 17.2 Å². The summed E-state index contributed by atoms with van der Waals surface area (Å²) in [6.07, 6.45) is 4.05. The van der Waals surface area contributed by atoms with Gasteiger partial charge in [0.05, 0.1) is 13.2 Å². The van der Waals surface area contributed by atoms with Crippen LogP contribution in [0.15, 0.2) is 48.5 Å². The van der Waals surface area contributed by atoms with Crippen molar-refractivity contribution in [2.75, 3.05) is 13.7 Å². The van der Waals surface area contributed by atoms with Crippen LogP contribution in [0.4, 0.5) is 0 Å². The van der Waals surface area contributed by atoms with Crippen LogP contribution in [-0.4, -0.2) is 25.7 Å². The molecule has 144 valence electrons. The van der Waals surface area contributed by atoms with Gasteiger partial charge in [-0.3, -0.25) is 4.79 Å². The van der Waals surface area contributed by atoms with Gasteiger partial charge in [0.15, 0.2) is 18.1 Å². The molecule has 0 unspecified atom stereocenters. The highest BCUT2D eigenvalue weighted by Gasteiger charge is 2.08. The van der Waals surface area contributed by atoms with Gasteiger partial charge in [-0.25, -0.2) is 0 Å². The molecule has 27 heavy (non-hydrogen) atoms. The molecule has 5 heteroatoms. The van der Waals surface area contributed by atoms with Crippen molar-refractivity contribution < 1.29 is 19.0 Å².